The highest BCUT2D eigenvalue weighted by atomic mass is 19.2. The fourth-order valence-electron chi connectivity index (χ4n) is 6.57. The second-order valence-corrected chi connectivity index (χ2v) is 11.1. The zero-order valence-corrected chi connectivity index (χ0v) is 21.5. The Morgan fingerprint density at radius 2 is 1.42 bits per heavy atom. The Morgan fingerprint density at radius 3 is 2.06 bits per heavy atom. The summed E-state index contributed by atoms with van der Waals surface area (Å²) in [6.07, 6.45) is 19.1. The average Bonchev–Trinajstić information content (AvgIpc) is 2.85. The normalized spacial score (nSPS) is 26.8. The molecule has 1 unspecified atom stereocenters. The Balaban J connectivity index is 1.42. The van der Waals surface area contributed by atoms with Crippen molar-refractivity contribution in [2.24, 2.45) is 23.7 Å². The lowest BCUT2D eigenvalue weighted by molar-refractivity contribution is 0.131. The smallest absolute Gasteiger partial charge is 0.200 e. The standard InChI is InChI=1S/C30H48F2O/c1-4-6-7-8-9-10-23-11-13-24(14-12-23)22(3)25-15-17-26(18-16-25)27-19-20-28(33-21-5-2)30(32)29(27)31/h19-20,22-26H,4-18,21H2,1-3H3. The van der Waals surface area contributed by atoms with Gasteiger partial charge >= 0.3 is 0 Å². The first kappa shape index (κ1) is 26.5. The summed E-state index contributed by atoms with van der Waals surface area (Å²) in [5, 5.41) is 0. The maximum Gasteiger partial charge on any atom is 0.200 e. The largest absolute Gasteiger partial charge is 0.490 e. The van der Waals surface area contributed by atoms with Gasteiger partial charge < -0.3 is 4.74 Å². The van der Waals surface area contributed by atoms with Gasteiger partial charge in [-0.15, -0.1) is 0 Å². The molecule has 2 aliphatic rings. The molecule has 0 N–H and O–H groups in total. The molecule has 2 fully saturated rings. The quantitative estimate of drug-likeness (QED) is 0.281. The fourth-order valence-corrected chi connectivity index (χ4v) is 6.57. The number of ether oxygens (including phenoxy) is 1. The van der Waals surface area contributed by atoms with Gasteiger partial charge in [-0.05, 0) is 86.2 Å². The van der Waals surface area contributed by atoms with E-state index in [9.17, 15) is 8.78 Å². The summed E-state index contributed by atoms with van der Waals surface area (Å²) in [5.41, 5.74) is 0.557. The molecule has 1 aromatic carbocycles. The highest BCUT2D eigenvalue weighted by Gasteiger charge is 2.33. The predicted octanol–water partition coefficient (Wildman–Crippen LogP) is 9.83. The number of halogens is 2. The van der Waals surface area contributed by atoms with Crippen molar-refractivity contribution in [1.29, 1.82) is 0 Å². The summed E-state index contributed by atoms with van der Waals surface area (Å²) >= 11 is 0. The van der Waals surface area contributed by atoms with Crippen LogP contribution in [0.4, 0.5) is 8.78 Å². The van der Waals surface area contributed by atoms with Crippen LogP contribution in [0.25, 0.3) is 0 Å². The minimum absolute atomic E-state index is 0.0528. The molecule has 0 bridgehead atoms. The van der Waals surface area contributed by atoms with Gasteiger partial charge in [0.15, 0.2) is 11.6 Å². The van der Waals surface area contributed by atoms with Gasteiger partial charge in [0.05, 0.1) is 6.61 Å². The topological polar surface area (TPSA) is 9.23 Å². The summed E-state index contributed by atoms with van der Waals surface area (Å²) in [5.74, 6) is 2.05. The van der Waals surface area contributed by atoms with Gasteiger partial charge in [-0.25, -0.2) is 4.39 Å². The van der Waals surface area contributed by atoms with E-state index in [1.807, 2.05) is 6.92 Å². The lowest BCUT2D eigenvalue weighted by Crippen LogP contribution is -2.28. The molecule has 0 spiro atoms. The zero-order chi connectivity index (χ0) is 23.6. The Bertz CT molecular complexity index is 687. The Kier molecular flexibility index (Phi) is 11.0. The van der Waals surface area contributed by atoms with Crippen LogP contribution in [0.3, 0.4) is 0 Å². The zero-order valence-electron chi connectivity index (χ0n) is 21.5. The number of rotatable bonds is 12. The third-order valence-electron chi connectivity index (χ3n) is 8.84. The van der Waals surface area contributed by atoms with Gasteiger partial charge in [-0.2, -0.15) is 4.39 Å². The van der Waals surface area contributed by atoms with Crippen molar-refractivity contribution in [3.8, 4) is 5.75 Å². The maximum atomic E-state index is 14.8. The fraction of sp³-hybridized carbons (Fsp3) is 0.800. The van der Waals surface area contributed by atoms with Gasteiger partial charge in [0.25, 0.3) is 0 Å². The van der Waals surface area contributed by atoms with Crippen LogP contribution in [-0.4, -0.2) is 6.61 Å². The van der Waals surface area contributed by atoms with Crippen molar-refractivity contribution in [2.45, 2.75) is 123 Å². The lowest BCUT2D eigenvalue weighted by atomic mass is 9.66. The van der Waals surface area contributed by atoms with Crippen LogP contribution in [0.2, 0.25) is 0 Å². The van der Waals surface area contributed by atoms with E-state index in [2.05, 4.69) is 13.8 Å². The average molecular weight is 463 g/mol. The van der Waals surface area contributed by atoms with Crippen LogP contribution in [0.1, 0.15) is 129 Å². The second-order valence-electron chi connectivity index (χ2n) is 11.1. The van der Waals surface area contributed by atoms with Gasteiger partial charge in [0, 0.05) is 0 Å². The lowest BCUT2D eigenvalue weighted by Gasteiger charge is -2.39. The van der Waals surface area contributed by atoms with Crippen LogP contribution < -0.4 is 4.74 Å². The molecule has 0 radical (unpaired) electrons. The highest BCUT2D eigenvalue weighted by molar-refractivity contribution is 5.33. The predicted molar refractivity (Wildman–Crippen MR) is 135 cm³/mol. The van der Waals surface area contributed by atoms with E-state index >= 15 is 0 Å². The summed E-state index contributed by atoms with van der Waals surface area (Å²) in [6.45, 7) is 7.14. The maximum absolute atomic E-state index is 14.8. The summed E-state index contributed by atoms with van der Waals surface area (Å²) in [6, 6.07) is 3.39. The summed E-state index contributed by atoms with van der Waals surface area (Å²) in [4.78, 5) is 0. The van der Waals surface area contributed by atoms with Gasteiger partial charge in [0.1, 0.15) is 0 Å². The Hall–Kier alpha value is -1.12. The van der Waals surface area contributed by atoms with Crippen LogP contribution in [0.5, 0.6) is 5.75 Å². The van der Waals surface area contributed by atoms with E-state index in [1.165, 1.54) is 64.2 Å². The molecule has 1 atom stereocenters. The first-order valence-electron chi connectivity index (χ1n) is 14.2. The highest BCUT2D eigenvalue weighted by Crippen LogP contribution is 2.45. The molecule has 0 saturated heterocycles. The van der Waals surface area contributed by atoms with Crippen molar-refractivity contribution in [2.75, 3.05) is 6.61 Å². The van der Waals surface area contributed by atoms with Crippen molar-refractivity contribution in [3.05, 3.63) is 29.3 Å². The molecule has 188 valence electrons. The molecule has 0 aliphatic heterocycles. The number of benzene rings is 1. The second kappa shape index (κ2) is 13.7. The molecule has 3 heteroatoms. The van der Waals surface area contributed by atoms with E-state index in [-0.39, 0.29) is 11.7 Å². The molecule has 1 aromatic rings. The molecular formula is C30H48F2O. The van der Waals surface area contributed by atoms with Crippen LogP contribution in [-0.2, 0) is 0 Å². The van der Waals surface area contributed by atoms with Crippen molar-refractivity contribution < 1.29 is 13.5 Å². The van der Waals surface area contributed by atoms with E-state index in [1.54, 1.807) is 12.1 Å². The van der Waals surface area contributed by atoms with Crippen LogP contribution in [0, 0.1) is 35.3 Å². The van der Waals surface area contributed by atoms with Gasteiger partial charge in [-0.3, -0.25) is 0 Å². The number of hydrogen-bond donors (Lipinski definition) is 0. The van der Waals surface area contributed by atoms with E-state index in [0.29, 0.717) is 12.2 Å². The summed E-state index contributed by atoms with van der Waals surface area (Å²) < 4.78 is 34.6. The third kappa shape index (κ3) is 7.43. The molecule has 0 amide bonds. The van der Waals surface area contributed by atoms with Crippen molar-refractivity contribution in [1.82, 2.24) is 0 Å². The monoisotopic (exact) mass is 462 g/mol. The number of unbranched alkanes of at least 4 members (excludes halogenated alkanes) is 4. The molecular weight excluding hydrogens is 414 g/mol. The van der Waals surface area contributed by atoms with Gasteiger partial charge in [0.2, 0.25) is 5.82 Å². The first-order chi connectivity index (χ1) is 16.0. The first-order valence-corrected chi connectivity index (χ1v) is 14.2. The SMILES string of the molecule is CCCCCCCC1CCC(C(C)C2CCC(c3ccc(OCCC)c(F)c3F)CC2)CC1. The van der Waals surface area contributed by atoms with Crippen LogP contribution in [0.15, 0.2) is 12.1 Å². The Labute approximate surface area is 202 Å². The molecule has 33 heavy (non-hydrogen) atoms. The molecule has 2 aliphatic carbocycles. The van der Waals surface area contributed by atoms with E-state index in [0.717, 1.165) is 55.8 Å². The minimum atomic E-state index is -0.807. The molecule has 1 nitrogen and oxygen atoms in total. The van der Waals surface area contributed by atoms with Gasteiger partial charge in [-0.1, -0.05) is 78.2 Å². The number of hydrogen-bond acceptors (Lipinski definition) is 1. The molecule has 3 rings (SSSR count). The molecule has 0 heterocycles. The van der Waals surface area contributed by atoms with Crippen molar-refractivity contribution in [3.63, 3.8) is 0 Å². The summed E-state index contributed by atoms with van der Waals surface area (Å²) in [7, 11) is 0. The van der Waals surface area contributed by atoms with E-state index < -0.39 is 11.6 Å². The minimum Gasteiger partial charge on any atom is -0.490 e. The molecule has 0 aromatic heterocycles. The van der Waals surface area contributed by atoms with Crippen LogP contribution >= 0.6 is 0 Å². The third-order valence-corrected chi connectivity index (χ3v) is 8.84. The Morgan fingerprint density at radius 1 is 0.788 bits per heavy atom. The van der Waals surface area contributed by atoms with E-state index in [4.69, 9.17) is 4.74 Å². The molecule has 2 saturated carbocycles. The van der Waals surface area contributed by atoms with Crippen molar-refractivity contribution >= 4 is 0 Å².